The number of nitrogens with one attached hydrogen (secondary N) is 1. The summed E-state index contributed by atoms with van der Waals surface area (Å²) in [7, 11) is 1.83. The Kier molecular flexibility index (Phi) is 5.37. The van der Waals surface area contributed by atoms with Crippen molar-refractivity contribution in [1.29, 1.82) is 0 Å². The molecule has 0 saturated heterocycles. The Morgan fingerprint density at radius 3 is 2.52 bits per heavy atom. The minimum atomic E-state index is -0.197. The summed E-state index contributed by atoms with van der Waals surface area (Å²) in [5, 5.41) is 3.28. The number of carbonyl (C=O) groups is 1. The van der Waals surface area contributed by atoms with Gasteiger partial charge < -0.3 is 5.32 Å². The summed E-state index contributed by atoms with van der Waals surface area (Å²) in [6.45, 7) is 3.78. The molecule has 1 aliphatic rings. The highest BCUT2D eigenvalue weighted by Gasteiger charge is 2.25. The van der Waals surface area contributed by atoms with E-state index in [1.54, 1.807) is 21.1 Å². The number of benzene rings is 1. The van der Waals surface area contributed by atoms with Crippen molar-refractivity contribution in [3.05, 3.63) is 46.4 Å². The first-order valence-corrected chi connectivity index (χ1v) is 9.73. The normalized spacial score (nSPS) is 16.1. The van der Waals surface area contributed by atoms with Gasteiger partial charge in [-0.15, -0.1) is 11.8 Å². The van der Waals surface area contributed by atoms with E-state index < -0.39 is 0 Å². The lowest BCUT2D eigenvalue weighted by Crippen LogP contribution is -2.28. The highest BCUT2D eigenvalue weighted by molar-refractivity contribution is 8.01. The standard InChI is InChI=1S/C19H25N3O2S/c1-13-17(20-18(23)14(2)25-16-11-7-8-12-16)19(24)22(21(13)3)15-9-5-4-6-10-15/h4-6,9-10,14,16H,7-8,11-12H2,1-3H3,(H,20,23). The van der Waals surface area contributed by atoms with Crippen molar-refractivity contribution in [3.63, 3.8) is 0 Å². The first-order valence-electron chi connectivity index (χ1n) is 8.79. The predicted molar refractivity (Wildman–Crippen MR) is 104 cm³/mol. The number of aromatic nitrogens is 2. The molecule has 1 fully saturated rings. The molecule has 2 aromatic rings. The monoisotopic (exact) mass is 359 g/mol. The number of hydrogen-bond donors (Lipinski definition) is 1. The van der Waals surface area contributed by atoms with Gasteiger partial charge in [0.15, 0.2) is 0 Å². The molecule has 1 N–H and O–H groups in total. The van der Waals surface area contributed by atoms with Crippen molar-refractivity contribution >= 4 is 23.4 Å². The molecule has 1 aromatic carbocycles. The number of thioether (sulfide) groups is 1. The highest BCUT2D eigenvalue weighted by Crippen LogP contribution is 2.32. The molecular weight excluding hydrogens is 334 g/mol. The van der Waals surface area contributed by atoms with Gasteiger partial charge in [-0.3, -0.25) is 14.3 Å². The van der Waals surface area contributed by atoms with Crippen molar-refractivity contribution in [3.8, 4) is 5.69 Å². The van der Waals surface area contributed by atoms with E-state index in [0.717, 1.165) is 11.4 Å². The Hall–Kier alpha value is -1.95. The molecule has 0 spiro atoms. The Morgan fingerprint density at radius 1 is 1.24 bits per heavy atom. The summed E-state index contributed by atoms with van der Waals surface area (Å²) >= 11 is 1.73. The van der Waals surface area contributed by atoms with Gasteiger partial charge >= 0.3 is 0 Å². The second-order valence-electron chi connectivity index (χ2n) is 6.61. The topological polar surface area (TPSA) is 56.0 Å². The van der Waals surface area contributed by atoms with E-state index in [0.29, 0.717) is 10.9 Å². The summed E-state index contributed by atoms with van der Waals surface area (Å²) in [6.07, 6.45) is 4.89. The third-order valence-corrected chi connectivity index (χ3v) is 6.35. The van der Waals surface area contributed by atoms with Crippen LogP contribution in [0.25, 0.3) is 5.69 Å². The van der Waals surface area contributed by atoms with Crippen LogP contribution < -0.4 is 10.9 Å². The summed E-state index contributed by atoms with van der Waals surface area (Å²) in [5.74, 6) is -0.0945. The highest BCUT2D eigenvalue weighted by atomic mass is 32.2. The zero-order chi connectivity index (χ0) is 18.0. The molecule has 0 aliphatic heterocycles. The first kappa shape index (κ1) is 17.9. The fourth-order valence-electron chi connectivity index (χ4n) is 3.31. The van der Waals surface area contributed by atoms with Gasteiger partial charge in [0.05, 0.1) is 16.6 Å². The number of para-hydroxylation sites is 1. The minimum absolute atomic E-state index is 0.0945. The van der Waals surface area contributed by atoms with Crippen LogP contribution >= 0.6 is 11.8 Å². The molecule has 1 saturated carbocycles. The molecule has 6 heteroatoms. The number of nitrogens with zero attached hydrogens (tertiary/aromatic N) is 2. The van der Waals surface area contributed by atoms with Crippen molar-refractivity contribution < 1.29 is 4.79 Å². The van der Waals surface area contributed by atoms with Gasteiger partial charge in [0.2, 0.25) is 5.91 Å². The molecule has 0 bridgehead atoms. The molecular formula is C19H25N3O2S. The van der Waals surface area contributed by atoms with Crippen LogP contribution in [0.1, 0.15) is 38.3 Å². The second-order valence-corrected chi connectivity index (χ2v) is 8.26. The lowest BCUT2D eigenvalue weighted by Gasteiger charge is -2.15. The average molecular weight is 359 g/mol. The lowest BCUT2D eigenvalue weighted by atomic mass is 10.3. The third-order valence-electron chi connectivity index (χ3n) is 4.87. The van der Waals surface area contributed by atoms with E-state index in [1.807, 2.05) is 51.2 Å². The Bertz CT molecular complexity index is 804. The fourth-order valence-corrected chi connectivity index (χ4v) is 4.68. The van der Waals surface area contributed by atoms with Crippen LogP contribution in [0.4, 0.5) is 5.69 Å². The molecule has 134 valence electrons. The first-order chi connectivity index (χ1) is 12.0. The van der Waals surface area contributed by atoms with E-state index in [1.165, 1.54) is 25.7 Å². The summed E-state index contributed by atoms with van der Waals surface area (Å²) in [4.78, 5) is 25.4. The SMILES string of the molecule is Cc1c(NC(=O)C(C)SC2CCCC2)c(=O)n(-c2ccccc2)n1C. The Labute approximate surface area is 152 Å². The van der Waals surface area contributed by atoms with Crippen LogP contribution in [-0.4, -0.2) is 25.8 Å². The van der Waals surface area contributed by atoms with Gasteiger partial charge in [0, 0.05) is 12.3 Å². The van der Waals surface area contributed by atoms with Crippen molar-refractivity contribution in [2.75, 3.05) is 5.32 Å². The van der Waals surface area contributed by atoms with E-state index in [-0.39, 0.29) is 16.7 Å². The molecule has 5 nitrogen and oxygen atoms in total. The molecule has 1 unspecified atom stereocenters. The van der Waals surface area contributed by atoms with Crippen LogP contribution in [-0.2, 0) is 11.8 Å². The third kappa shape index (κ3) is 3.68. The van der Waals surface area contributed by atoms with E-state index in [9.17, 15) is 9.59 Å². The summed E-state index contributed by atoms with van der Waals surface area (Å²) in [6, 6.07) is 9.45. The van der Waals surface area contributed by atoms with Crippen LogP contribution in [0.5, 0.6) is 0 Å². The van der Waals surface area contributed by atoms with E-state index in [4.69, 9.17) is 0 Å². The molecule has 1 atom stereocenters. The predicted octanol–water partition coefficient (Wildman–Crippen LogP) is 3.49. The summed E-state index contributed by atoms with van der Waals surface area (Å²) < 4.78 is 3.36. The van der Waals surface area contributed by atoms with E-state index >= 15 is 0 Å². The van der Waals surface area contributed by atoms with Gasteiger partial charge in [-0.2, -0.15) is 0 Å². The number of hydrogen-bond acceptors (Lipinski definition) is 3. The van der Waals surface area contributed by atoms with Gasteiger partial charge in [0.1, 0.15) is 5.69 Å². The maximum absolute atomic E-state index is 12.8. The van der Waals surface area contributed by atoms with Crippen molar-refractivity contribution in [2.45, 2.75) is 50.0 Å². The van der Waals surface area contributed by atoms with Crippen LogP contribution in [0.15, 0.2) is 35.1 Å². The number of rotatable bonds is 5. The lowest BCUT2D eigenvalue weighted by molar-refractivity contribution is -0.115. The molecule has 1 aromatic heterocycles. The largest absolute Gasteiger partial charge is 0.319 e. The molecule has 3 rings (SSSR count). The number of anilines is 1. The average Bonchev–Trinajstić information content (AvgIpc) is 3.18. The zero-order valence-electron chi connectivity index (χ0n) is 15.0. The second kappa shape index (κ2) is 7.52. The number of carbonyl (C=O) groups excluding carboxylic acids is 1. The van der Waals surface area contributed by atoms with Crippen LogP contribution in [0.3, 0.4) is 0 Å². The van der Waals surface area contributed by atoms with Gasteiger partial charge in [-0.25, -0.2) is 4.68 Å². The van der Waals surface area contributed by atoms with Crippen LogP contribution in [0.2, 0.25) is 0 Å². The van der Waals surface area contributed by atoms with Crippen molar-refractivity contribution in [1.82, 2.24) is 9.36 Å². The number of amides is 1. The maximum atomic E-state index is 12.8. The van der Waals surface area contributed by atoms with Gasteiger partial charge in [-0.05, 0) is 38.8 Å². The molecule has 1 amide bonds. The fraction of sp³-hybridized carbons (Fsp3) is 0.474. The molecule has 25 heavy (non-hydrogen) atoms. The smallest absolute Gasteiger partial charge is 0.295 e. The minimum Gasteiger partial charge on any atom is -0.319 e. The van der Waals surface area contributed by atoms with Crippen molar-refractivity contribution in [2.24, 2.45) is 7.05 Å². The molecule has 0 radical (unpaired) electrons. The summed E-state index contributed by atoms with van der Waals surface area (Å²) in [5.41, 5.74) is 1.71. The zero-order valence-corrected chi connectivity index (χ0v) is 15.8. The molecule has 1 aliphatic carbocycles. The van der Waals surface area contributed by atoms with Crippen LogP contribution in [0, 0.1) is 6.92 Å². The molecule has 1 heterocycles. The Balaban J connectivity index is 1.81. The quantitative estimate of drug-likeness (QED) is 0.889. The van der Waals surface area contributed by atoms with E-state index in [2.05, 4.69) is 5.32 Å². The Morgan fingerprint density at radius 2 is 1.88 bits per heavy atom. The van der Waals surface area contributed by atoms with Gasteiger partial charge in [0.25, 0.3) is 5.56 Å². The van der Waals surface area contributed by atoms with Gasteiger partial charge in [-0.1, -0.05) is 31.0 Å². The maximum Gasteiger partial charge on any atom is 0.295 e.